The van der Waals surface area contributed by atoms with E-state index in [0.29, 0.717) is 5.69 Å². The lowest BCUT2D eigenvalue weighted by Crippen LogP contribution is -2.44. The maximum Gasteiger partial charge on any atom is 0.326 e. The first-order chi connectivity index (χ1) is 12.6. The molecule has 0 aliphatic carbocycles. The van der Waals surface area contributed by atoms with Crippen LogP contribution in [0.25, 0.3) is 0 Å². The van der Waals surface area contributed by atoms with Crippen molar-refractivity contribution in [2.45, 2.75) is 31.7 Å². The largest absolute Gasteiger partial charge is 0.480 e. The van der Waals surface area contributed by atoms with Gasteiger partial charge in [-0.25, -0.2) is 13.2 Å². The molecule has 2 rings (SSSR count). The molecule has 0 radical (unpaired) electrons. The standard InChI is InChI=1S/C19H22N2O5S/c1-12(2)17(19(23)24)20-18(22)14-6-8-15(9-7-14)21-27(25,26)16-10-4-13(3)5-11-16/h4-12,17,21H,1-3H3,(H,20,22)(H,23,24)/t17-/m0/s1. The second-order valence-electron chi connectivity index (χ2n) is 6.53. The lowest BCUT2D eigenvalue weighted by molar-refractivity contribution is -0.140. The van der Waals surface area contributed by atoms with Gasteiger partial charge in [0.1, 0.15) is 6.04 Å². The third-order valence-electron chi connectivity index (χ3n) is 3.95. The van der Waals surface area contributed by atoms with E-state index in [1.807, 2.05) is 6.92 Å². The number of aliphatic carboxylic acids is 1. The van der Waals surface area contributed by atoms with Gasteiger partial charge in [-0.05, 0) is 49.2 Å². The molecular weight excluding hydrogens is 368 g/mol. The van der Waals surface area contributed by atoms with Gasteiger partial charge in [-0.15, -0.1) is 0 Å². The van der Waals surface area contributed by atoms with Crippen molar-refractivity contribution in [1.29, 1.82) is 0 Å². The lowest BCUT2D eigenvalue weighted by Gasteiger charge is -2.18. The minimum Gasteiger partial charge on any atom is -0.480 e. The van der Waals surface area contributed by atoms with Gasteiger partial charge in [0.15, 0.2) is 0 Å². The number of benzene rings is 2. The summed E-state index contributed by atoms with van der Waals surface area (Å²) in [4.78, 5) is 23.5. The molecular formula is C19H22N2O5S. The summed E-state index contributed by atoms with van der Waals surface area (Å²) in [5, 5.41) is 11.6. The van der Waals surface area contributed by atoms with Crippen molar-refractivity contribution < 1.29 is 23.1 Å². The maximum atomic E-state index is 12.4. The number of nitrogens with one attached hydrogen (secondary N) is 2. The monoisotopic (exact) mass is 390 g/mol. The molecule has 0 saturated heterocycles. The zero-order valence-corrected chi connectivity index (χ0v) is 16.1. The van der Waals surface area contributed by atoms with Crippen molar-refractivity contribution in [2.24, 2.45) is 5.92 Å². The molecule has 3 N–H and O–H groups in total. The van der Waals surface area contributed by atoms with Crippen molar-refractivity contribution >= 4 is 27.6 Å². The second-order valence-corrected chi connectivity index (χ2v) is 8.21. The predicted octanol–water partition coefficient (Wildman–Crippen LogP) is 2.63. The van der Waals surface area contributed by atoms with Crippen LogP contribution in [0.3, 0.4) is 0 Å². The number of anilines is 1. The number of carbonyl (C=O) groups is 2. The quantitative estimate of drug-likeness (QED) is 0.673. The van der Waals surface area contributed by atoms with E-state index in [1.54, 1.807) is 26.0 Å². The first kappa shape index (κ1) is 20.4. The number of hydrogen-bond donors (Lipinski definition) is 3. The highest BCUT2D eigenvalue weighted by molar-refractivity contribution is 7.92. The highest BCUT2D eigenvalue weighted by Gasteiger charge is 2.24. The Kier molecular flexibility index (Phi) is 6.22. The molecule has 0 heterocycles. The summed E-state index contributed by atoms with van der Waals surface area (Å²) < 4.78 is 27.2. The summed E-state index contributed by atoms with van der Waals surface area (Å²) in [5.74, 6) is -1.92. The van der Waals surface area contributed by atoms with Crippen LogP contribution in [-0.2, 0) is 14.8 Å². The minimum atomic E-state index is -3.73. The molecule has 7 nitrogen and oxygen atoms in total. The number of amides is 1. The first-order valence-electron chi connectivity index (χ1n) is 8.33. The minimum absolute atomic E-state index is 0.135. The normalized spacial score (nSPS) is 12.4. The van der Waals surface area contributed by atoms with Crippen LogP contribution in [0.2, 0.25) is 0 Å². The molecule has 0 aliphatic rings. The van der Waals surface area contributed by atoms with E-state index in [-0.39, 0.29) is 16.4 Å². The van der Waals surface area contributed by atoms with Crippen molar-refractivity contribution in [3.05, 3.63) is 59.7 Å². The van der Waals surface area contributed by atoms with Crippen LogP contribution in [0.5, 0.6) is 0 Å². The van der Waals surface area contributed by atoms with Gasteiger partial charge < -0.3 is 10.4 Å². The van der Waals surface area contributed by atoms with Gasteiger partial charge in [-0.1, -0.05) is 31.5 Å². The fourth-order valence-corrected chi connectivity index (χ4v) is 3.42. The summed E-state index contributed by atoms with van der Waals surface area (Å²) >= 11 is 0. The summed E-state index contributed by atoms with van der Waals surface area (Å²) in [6.45, 7) is 5.26. The van der Waals surface area contributed by atoms with Gasteiger partial charge in [0.2, 0.25) is 0 Å². The number of carboxylic acid groups (broad SMARTS) is 1. The molecule has 2 aromatic carbocycles. The van der Waals surface area contributed by atoms with E-state index in [4.69, 9.17) is 5.11 Å². The third-order valence-corrected chi connectivity index (χ3v) is 5.35. The first-order valence-corrected chi connectivity index (χ1v) is 9.81. The average molecular weight is 390 g/mol. The molecule has 0 saturated carbocycles. The van der Waals surface area contributed by atoms with Gasteiger partial charge in [-0.2, -0.15) is 0 Å². The number of aryl methyl sites for hydroxylation is 1. The SMILES string of the molecule is Cc1ccc(S(=O)(=O)Nc2ccc(C(=O)N[C@H](C(=O)O)C(C)C)cc2)cc1. The molecule has 2 aromatic rings. The summed E-state index contributed by atoms with van der Waals surface area (Å²) in [5.41, 5.74) is 1.48. The molecule has 1 amide bonds. The molecule has 0 aliphatic heterocycles. The van der Waals surface area contributed by atoms with Crippen LogP contribution < -0.4 is 10.0 Å². The van der Waals surface area contributed by atoms with E-state index in [0.717, 1.165) is 5.56 Å². The molecule has 0 spiro atoms. The topological polar surface area (TPSA) is 113 Å². The number of rotatable bonds is 7. The summed E-state index contributed by atoms with van der Waals surface area (Å²) in [6, 6.07) is 11.2. The van der Waals surface area contributed by atoms with Crippen molar-refractivity contribution in [3.63, 3.8) is 0 Å². The summed E-state index contributed by atoms with van der Waals surface area (Å²) in [7, 11) is -3.73. The van der Waals surface area contributed by atoms with Gasteiger partial charge in [0.25, 0.3) is 15.9 Å². The third kappa shape index (κ3) is 5.30. The van der Waals surface area contributed by atoms with E-state index >= 15 is 0 Å². The van der Waals surface area contributed by atoms with Crippen molar-refractivity contribution in [2.75, 3.05) is 4.72 Å². The van der Waals surface area contributed by atoms with Crippen LogP contribution in [0.1, 0.15) is 29.8 Å². The maximum absolute atomic E-state index is 12.4. The molecule has 0 aromatic heterocycles. The highest BCUT2D eigenvalue weighted by Crippen LogP contribution is 2.17. The van der Waals surface area contributed by atoms with Gasteiger partial charge >= 0.3 is 5.97 Å². The number of sulfonamides is 1. The van der Waals surface area contributed by atoms with Gasteiger partial charge in [0, 0.05) is 11.3 Å². The van der Waals surface area contributed by atoms with Crippen LogP contribution in [0, 0.1) is 12.8 Å². The zero-order chi connectivity index (χ0) is 20.2. The molecule has 0 bridgehead atoms. The Labute approximate surface area is 158 Å². The van der Waals surface area contributed by atoms with Gasteiger partial charge in [-0.3, -0.25) is 9.52 Å². The second kappa shape index (κ2) is 8.22. The lowest BCUT2D eigenvalue weighted by atomic mass is 10.0. The zero-order valence-electron chi connectivity index (χ0n) is 15.3. The Hall–Kier alpha value is -2.87. The molecule has 27 heavy (non-hydrogen) atoms. The fourth-order valence-electron chi connectivity index (χ4n) is 2.36. The van der Waals surface area contributed by atoms with Crippen LogP contribution in [-0.4, -0.2) is 31.4 Å². The van der Waals surface area contributed by atoms with Gasteiger partial charge in [0.05, 0.1) is 4.90 Å². The Bertz CT molecular complexity index is 920. The molecule has 8 heteroatoms. The Morgan fingerprint density at radius 3 is 2.00 bits per heavy atom. The van der Waals surface area contributed by atoms with Crippen LogP contribution in [0.15, 0.2) is 53.4 Å². The Morgan fingerprint density at radius 1 is 0.963 bits per heavy atom. The van der Waals surface area contributed by atoms with E-state index < -0.39 is 27.9 Å². The molecule has 144 valence electrons. The number of carboxylic acids is 1. The van der Waals surface area contributed by atoms with E-state index in [9.17, 15) is 18.0 Å². The molecule has 0 fully saturated rings. The predicted molar refractivity (Wildman–Crippen MR) is 102 cm³/mol. The fraction of sp³-hybridized carbons (Fsp3) is 0.263. The molecule has 1 atom stereocenters. The van der Waals surface area contributed by atoms with Crippen molar-refractivity contribution in [3.8, 4) is 0 Å². The summed E-state index contributed by atoms with van der Waals surface area (Å²) in [6.07, 6.45) is 0. The number of hydrogen-bond acceptors (Lipinski definition) is 4. The Morgan fingerprint density at radius 2 is 1.52 bits per heavy atom. The molecule has 0 unspecified atom stereocenters. The van der Waals surface area contributed by atoms with E-state index in [1.165, 1.54) is 36.4 Å². The average Bonchev–Trinajstić information content (AvgIpc) is 2.59. The number of carbonyl (C=O) groups excluding carboxylic acids is 1. The van der Waals surface area contributed by atoms with Crippen LogP contribution >= 0.6 is 0 Å². The Balaban J connectivity index is 2.11. The van der Waals surface area contributed by atoms with Crippen molar-refractivity contribution in [1.82, 2.24) is 5.32 Å². The van der Waals surface area contributed by atoms with Crippen LogP contribution in [0.4, 0.5) is 5.69 Å². The van der Waals surface area contributed by atoms with E-state index in [2.05, 4.69) is 10.0 Å². The highest BCUT2D eigenvalue weighted by atomic mass is 32.2. The smallest absolute Gasteiger partial charge is 0.326 e.